The molecule has 16 heavy (non-hydrogen) atoms. The van der Waals surface area contributed by atoms with Gasteiger partial charge < -0.3 is 10.1 Å². The lowest BCUT2D eigenvalue weighted by Crippen LogP contribution is -2.20. The molecule has 0 aromatic carbocycles. The van der Waals surface area contributed by atoms with Crippen LogP contribution in [0, 0.1) is 6.92 Å². The van der Waals surface area contributed by atoms with E-state index in [1.165, 1.54) is 15.6 Å². The van der Waals surface area contributed by atoms with Gasteiger partial charge in [0.1, 0.15) is 0 Å². The first-order chi connectivity index (χ1) is 7.69. The van der Waals surface area contributed by atoms with Gasteiger partial charge in [-0.2, -0.15) is 0 Å². The fraction of sp³-hybridized carbons (Fsp3) is 0.750. The fourth-order valence-electron chi connectivity index (χ4n) is 1.65. The molecule has 0 radical (unpaired) electrons. The van der Waals surface area contributed by atoms with Gasteiger partial charge >= 0.3 is 0 Å². The SMILES string of the molecule is CCc1nc(C)c(C(C)NCCCOC)s1. The van der Waals surface area contributed by atoms with Crippen molar-refractivity contribution in [3.63, 3.8) is 0 Å². The first-order valence-corrected chi connectivity index (χ1v) is 6.69. The molecule has 1 aromatic rings. The summed E-state index contributed by atoms with van der Waals surface area (Å²) >= 11 is 1.83. The van der Waals surface area contributed by atoms with Gasteiger partial charge in [-0.3, -0.25) is 0 Å². The maximum atomic E-state index is 5.02. The van der Waals surface area contributed by atoms with E-state index in [4.69, 9.17) is 4.74 Å². The number of rotatable bonds is 7. The van der Waals surface area contributed by atoms with Crippen LogP contribution in [0.25, 0.3) is 0 Å². The molecule has 0 saturated heterocycles. The molecule has 1 aromatic heterocycles. The van der Waals surface area contributed by atoms with Crippen molar-refractivity contribution in [3.8, 4) is 0 Å². The third-order valence-electron chi connectivity index (χ3n) is 2.55. The number of methoxy groups -OCH3 is 1. The third-order valence-corrected chi connectivity index (χ3v) is 4.03. The summed E-state index contributed by atoms with van der Waals surface area (Å²) < 4.78 is 5.02. The van der Waals surface area contributed by atoms with Crippen molar-refractivity contribution in [3.05, 3.63) is 15.6 Å². The van der Waals surface area contributed by atoms with Crippen LogP contribution in [0.4, 0.5) is 0 Å². The summed E-state index contributed by atoms with van der Waals surface area (Å²) in [4.78, 5) is 5.92. The molecule has 1 N–H and O–H groups in total. The minimum atomic E-state index is 0.398. The van der Waals surface area contributed by atoms with E-state index >= 15 is 0 Å². The summed E-state index contributed by atoms with van der Waals surface area (Å²) in [6, 6.07) is 0.398. The minimum Gasteiger partial charge on any atom is -0.385 e. The molecule has 0 saturated carbocycles. The highest BCUT2D eigenvalue weighted by atomic mass is 32.1. The quantitative estimate of drug-likeness (QED) is 0.747. The average Bonchev–Trinajstić information content (AvgIpc) is 2.66. The Morgan fingerprint density at radius 2 is 2.25 bits per heavy atom. The Labute approximate surface area is 102 Å². The maximum absolute atomic E-state index is 5.02. The Bertz CT molecular complexity index is 312. The number of hydrogen-bond donors (Lipinski definition) is 1. The number of thiazole rings is 1. The second-order valence-corrected chi connectivity index (χ2v) is 5.05. The second kappa shape index (κ2) is 6.99. The van der Waals surface area contributed by atoms with E-state index < -0.39 is 0 Å². The fourth-order valence-corrected chi connectivity index (χ4v) is 2.68. The number of aromatic nitrogens is 1. The predicted octanol–water partition coefficient (Wildman–Crippen LogP) is 2.70. The number of nitrogens with one attached hydrogen (secondary N) is 1. The number of hydrogen-bond acceptors (Lipinski definition) is 4. The molecule has 1 unspecified atom stereocenters. The Hall–Kier alpha value is -0.450. The molecule has 0 bridgehead atoms. The molecule has 0 aliphatic carbocycles. The summed E-state index contributed by atoms with van der Waals surface area (Å²) in [6.45, 7) is 8.26. The zero-order chi connectivity index (χ0) is 12.0. The Balaban J connectivity index is 2.45. The molecule has 0 amide bonds. The van der Waals surface area contributed by atoms with Crippen molar-refractivity contribution in [1.29, 1.82) is 0 Å². The van der Waals surface area contributed by atoms with E-state index in [2.05, 4.69) is 31.1 Å². The highest BCUT2D eigenvalue weighted by Gasteiger charge is 2.12. The second-order valence-electron chi connectivity index (χ2n) is 3.93. The zero-order valence-electron chi connectivity index (χ0n) is 10.7. The number of aryl methyl sites for hydroxylation is 2. The Kier molecular flexibility index (Phi) is 5.95. The van der Waals surface area contributed by atoms with Crippen LogP contribution in [-0.4, -0.2) is 25.2 Å². The lowest BCUT2D eigenvalue weighted by Gasteiger charge is -2.12. The Morgan fingerprint density at radius 1 is 1.50 bits per heavy atom. The molecule has 0 aliphatic rings. The van der Waals surface area contributed by atoms with Crippen LogP contribution in [0.3, 0.4) is 0 Å². The van der Waals surface area contributed by atoms with Gasteiger partial charge in [0, 0.05) is 24.6 Å². The predicted molar refractivity (Wildman–Crippen MR) is 69.1 cm³/mol. The third kappa shape index (κ3) is 3.85. The highest BCUT2D eigenvalue weighted by molar-refractivity contribution is 7.11. The van der Waals surface area contributed by atoms with Crippen molar-refractivity contribution >= 4 is 11.3 Å². The topological polar surface area (TPSA) is 34.2 Å². The van der Waals surface area contributed by atoms with Gasteiger partial charge in [0.2, 0.25) is 0 Å². The molecule has 0 spiro atoms. The van der Waals surface area contributed by atoms with E-state index in [0.29, 0.717) is 6.04 Å². The van der Waals surface area contributed by atoms with Gasteiger partial charge in [0.15, 0.2) is 0 Å². The van der Waals surface area contributed by atoms with Gasteiger partial charge in [0.05, 0.1) is 10.7 Å². The van der Waals surface area contributed by atoms with Crippen LogP contribution < -0.4 is 5.32 Å². The average molecular weight is 242 g/mol. The van der Waals surface area contributed by atoms with Crippen LogP contribution in [0.5, 0.6) is 0 Å². The zero-order valence-corrected chi connectivity index (χ0v) is 11.5. The molecule has 1 rings (SSSR count). The molecule has 4 heteroatoms. The van der Waals surface area contributed by atoms with E-state index in [1.54, 1.807) is 7.11 Å². The number of nitrogens with zero attached hydrogens (tertiary/aromatic N) is 1. The van der Waals surface area contributed by atoms with Crippen molar-refractivity contribution in [1.82, 2.24) is 10.3 Å². The molecule has 1 atom stereocenters. The maximum Gasteiger partial charge on any atom is 0.0928 e. The summed E-state index contributed by atoms with van der Waals surface area (Å²) in [7, 11) is 1.74. The molecule has 3 nitrogen and oxygen atoms in total. The van der Waals surface area contributed by atoms with Crippen molar-refractivity contribution in [2.75, 3.05) is 20.3 Å². The minimum absolute atomic E-state index is 0.398. The Morgan fingerprint density at radius 3 is 2.81 bits per heavy atom. The molecule has 1 heterocycles. The van der Waals surface area contributed by atoms with Crippen LogP contribution in [-0.2, 0) is 11.2 Å². The lowest BCUT2D eigenvalue weighted by molar-refractivity contribution is 0.193. The summed E-state index contributed by atoms with van der Waals surface area (Å²) in [6.07, 6.45) is 2.08. The lowest BCUT2D eigenvalue weighted by atomic mass is 10.2. The van der Waals surface area contributed by atoms with Gasteiger partial charge in [0.25, 0.3) is 0 Å². The van der Waals surface area contributed by atoms with E-state index in [0.717, 1.165) is 26.0 Å². The van der Waals surface area contributed by atoms with Crippen LogP contribution in [0.15, 0.2) is 0 Å². The molecular weight excluding hydrogens is 220 g/mol. The largest absolute Gasteiger partial charge is 0.385 e. The van der Waals surface area contributed by atoms with Crippen molar-refractivity contribution in [2.24, 2.45) is 0 Å². The van der Waals surface area contributed by atoms with Gasteiger partial charge in [-0.15, -0.1) is 11.3 Å². The first kappa shape index (κ1) is 13.6. The standard InChI is InChI=1S/C12H22N2OS/c1-5-11-14-10(3)12(16-11)9(2)13-7-6-8-15-4/h9,13H,5-8H2,1-4H3. The van der Waals surface area contributed by atoms with Gasteiger partial charge in [-0.25, -0.2) is 4.98 Å². The number of ether oxygens (including phenoxy) is 1. The smallest absolute Gasteiger partial charge is 0.0928 e. The molecule has 0 fully saturated rings. The first-order valence-electron chi connectivity index (χ1n) is 5.87. The molecular formula is C12H22N2OS. The monoisotopic (exact) mass is 242 g/mol. The molecule has 0 aliphatic heterocycles. The summed E-state index contributed by atoms with van der Waals surface area (Å²) in [5, 5.41) is 4.74. The van der Waals surface area contributed by atoms with E-state index in [1.807, 2.05) is 11.3 Å². The van der Waals surface area contributed by atoms with Crippen LogP contribution >= 0.6 is 11.3 Å². The van der Waals surface area contributed by atoms with E-state index in [-0.39, 0.29) is 0 Å². The summed E-state index contributed by atoms with van der Waals surface area (Å²) in [5.41, 5.74) is 1.17. The molecule has 92 valence electrons. The van der Waals surface area contributed by atoms with Gasteiger partial charge in [-0.1, -0.05) is 6.92 Å². The van der Waals surface area contributed by atoms with Crippen LogP contribution in [0.2, 0.25) is 0 Å². The highest BCUT2D eigenvalue weighted by Crippen LogP contribution is 2.25. The normalized spacial score (nSPS) is 13.0. The van der Waals surface area contributed by atoms with Crippen molar-refractivity contribution in [2.45, 2.75) is 39.7 Å². The van der Waals surface area contributed by atoms with Gasteiger partial charge in [-0.05, 0) is 33.2 Å². The van der Waals surface area contributed by atoms with Crippen LogP contribution in [0.1, 0.15) is 41.9 Å². The summed E-state index contributed by atoms with van der Waals surface area (Å²) in [5.74, 6) is 0. The van der Waals surface area contributed by atoms with E-state index in [9.17, 15) is 0 Å². The van der Waals surface area contributed by atoms with Crippen molar-refractivity contribution < 1.29 is 4.74 Å².